The fraction of sp³-hybridized carbons (Fsp3) is 0.447. The van der Waals surface area contributed by atoms with Gasteiger partial charge in [-0.25, -0.2) is 0 Å². The summed E-state index contributed by atoms with van der Waals surface area (Å²) in [4.78, 5) is 20.2. The van der Waals surface area contributed by atoms with E-state index in [1.165, 1.54) is 56.3 Å². The number of benzene rings is 3. The summed E-state index contributed by atoms with van der Waals surface area (Å²) in [6, 6.07) is 19.2. The lowest BCUT2D eigenvalue weighted by Crippen LogP contribution is -2.46. The van der Waals surface area contributed by atoms with Crippen LogP contribution in [0.5, 0.6) is 23.0 Å². The number of carbonyl (C=O) groups is 1. The van der Waals surface area contributed by atoms with E-state index >= 15 is 0 Å². The topological polar surface area (TPSA) is 71.5 Å². The van der Waals surface area contributed by atoms with E-state index in [9.17, 15) is 9.90 Å². The van der Waals surface area contributed by atoms with Crippen molar-refractivity contribution in [1.29, 1.82) is 0 Å². The van der Waals surface area contributed by atoms with Crippen LogP contribution in [-0.2, 0) is 0 Å². The second kappa shape index (κ2) is 14.0. The molecule has 0 radical (unpaired) electrons. The number of rotatable bonds is 11. The molecule has 242 valence electrons. The van der Waals surface area contributed by atoms with Crippen molar-refractivity contribution < 1.29 is 24.1 Å². The third-order valence-electron chi connectivity index (χ3n) is 9.87. The van der Waals surface area contributed by atoms with Crippen LogP contribution in [0.2, 0.25) is 0 Å². The first-order valence-electron chi connectivity index (χ1n) is 16.9. The van der Waals surface area contributed by atoms with E-state index in [2.05, 4.69) is 9.80 Å². The third kappa shape index (κ3) is 6.61. The third-order valence-corrected chi connectivity index (χ3v) is 11.1. The molecule has 3 heterocycles. The minimum atomic E-state index is -0.0876. The predicted octanol–water partition coefficient (Wildman–Crippen LogP) is 7.77. The highest BCUT2D eigenvalue weighted by Crippen LogP contribution is 2.42. The van der Waals surface area contributed by atoms with Crippen LogP contribution in [-0.4, -0.2) is 79.3 Å². The van der Waals surface area contributed by atoms with Crippen molar-refractivity contribution in [3.8, 4) is 33.4 Å². The molecule has 7 nitrogen and oxygen atoms in total. The number of phenols is 1. The summed E-state index contributed by atoms with van der Waals surface area (Å²) in [6.45, 7) is 6.21. The van der Waals surface area contributed by atoms with Gasteiger partial charge in [0, 0.05) is 38.7 Å². The van der Waals surface area contributed by atoms with Crippen LogP contribution in [0.15, 0.2) is 60.7 Å². The normalized spacial score (nSPS) is 20.7. The molecule has 1 saturated carbocycles. The lowest BCUT2D eigenvalue weighted by molar-refractivity contribution is 0.0468. The van der Waals surface area contributed by atoms with E-state index < -0.39 is 0 Å². The number of thiophene rings is 1. The van der Waals surface area contributed by atoms with Gasteiger partial charge >= 0.3 is 0 Å². The molecule has 46 heavy (non-hydrogen) atoms. The molecule has 2 saturated heterocycles. The second-order valence-corrected chi connectivity index (χ2v) is 13.9. The molecule has 2 atom stereocenters. The van der Waals surface area contributed by atoms with Crippen molar-refractivity contribution in [3.63, 3.8) is 0 Å². The molecule has 3 fully saturated rings. The van der Waals surface area contributed by atoms with Gasteiger partial charge in [0.25, 0.3) is 0 Å². The number of methoxy groups -OCH3 is 1. The molecule has 8 heteroatoms. The zero-order chi connectivity index (χ0) is 31.5. The molecule has 7 rings (SSSR count). The van der Waals surface area contributed by atoms with Crippen LogP contribution in [0.25, 0.3) is 20.5 Å². The van der Waals surface area contributed by atoms with Gasteiger partial charge in [0.05, 0.1) is 7.11 Å². The lowest BCUT2D eigenvalue weighted by Gasteiger charge is -2.38. The first-order valence-corrected chi connectivity index (χ1v) is 17.7. The van der Waals surface area contributed by atoms with Gasteiger partial charge in [0.2, 0.25) is 0 Å². The Morgan fingerprint density at radius 3 is 2.41 bits per heavy atom. The number of hydrogen-bond acceptors (Lipinski definition) is 8. The van der Waals surface area contributed by atoms with Gasteiger partial charge in [0.15, 0.2) is 17.3 Å². The Kier molecular flexibility index (Phi) is 9.47. The van der Waals surface area contributed by atoms with Crippen LogP contribution in [0.4, 0.5) is 0 Å². The van der Waals surface area contributed by atoms with Gasteiger partial charge in [-0.2, -0.15) is 0 Å². The maximum Gasteiger partial charge on any atom is 0.195 e. The van der Waals surface area contributed by atoms with E-state index in [-0.39, 0.29) is 17.6 Å². The quantitative estimate of drug-likeness (QED) is 0.168. The molecule has 1 aromatic heterocycles. The van der Waals surface area contributed by atoms with Crippen molar-refractivity contribution in [3.05, 3.63) is 71.8 Å². The summed E-state index contributed by atoms with van der Waals surface area (Å²) >= 11 is 1.51. The number of likely N-dealkylation sites (tertiary alicyclic amines) is 2. The van der Waals surface area contributed by atoms with Gasteiger partial charge in [-0.3, -0.25) is 14.6 Å². The summed E-state index contributed by atoms with van der Waals surface area (Å²) in [5.74, 6) is 2.18. The molecular formula is C38H44N2O5S. The molecule has 3 aromatic carbocycles. The Morgan fingerprint density at radius 1 is 0.870 bits per heavy atom. The standard InChI is InChI=1S/C38H44N2O5S/c1-43-34-24-27(12-17-33(34)45-32-9-3-2-8-31(32)40-20-6-7-21-40)37(42)36-30-16-13-28(41)25-35(30)46-38(36)26-10-14-29(15-11-26)44-23-22-39-18-4-5-19-39/h10-17,24-25,31-32,41H,2-9,18-23H2,1H3/t31-,32-/m0/s1. The fourth-order valence-electron chi connectivity index (χ4n) is 7.43. The monoisotopic (exact) mass is 640 g/mol. The average Bonchev–Trinajstić information content (AvgIpc) is 3.87. The molecule has 0 amide bonds. The Morgan fingerprint density at radius 2 is 1.63 bits per heavy atom. The molecule has 1 N–H and O–H groups in total. The Balaban J connectivity index is 1.14. The summed E-state index contributed by atoms with van der Waals surface area (Å²) in [6.07, 6.45) is 9.80. The van der Waals surface area contributed by atoms with E-state index in [0.29, 0.717) is 35.3 Å². The summed E-state index contributed by atoms with van der Waals surface area (Å²) < 4.78 is 19.4. The van der Waals surface area contributed by atoms with E-state index in [1.54, 1.807) is 19.2 Å². The number of phenolic OH excluding ortho intramolecular Hbond substituents is 1. The summed E-state index contributed by atoms with van der Waals surface area (Å²) in [5, 5.41) is 11.1. The maximum absolute atomic E-state index is 14.3. The molecule has 2 aliphatic heterocycles. The van der Waals surface area contributed by atoms with Crippen LogP contribution in [0.1, 0.15) is 67.3 Å². The van der Waals surface area contributed by atoms with Gasteiger partial charge in [-0.05, 0) is 137 Å². The minimum absolute atomic E-state index is 0.0876. The van der Waals surface area contributed by atoms with E-state index in [1.807, 2.05) is 48.5 Å². The van der Waals surface area contributed by atoms with E-state index in [4.69, 9.17) is 14.2 Å². The van der Waals surface area contributed by atoms with Gasteiger partial charge in [-0.1, -0.05) is 6.42 Å². The van der Waals surface area contributed by atoms with Crippen molar-refractivity contribution in [2.24, 2.45) is 0 Å². The number of hydrogen-bond donors (Lipinski definition) is 1. The number of ketones is 1. The smallest absolute Gasteiger partial charge is 0.195 e. The molecule has 3 aliphatic rings. The lowest BCUT2D eigenvalue weighted by atomic mass is 9.91. The van der Waals surface area contributed by atoms with Crippen LogP contribution in [0, 0.1) is 0 Å². The molecule has 0 bridgehead atoms. The fourth-order valence-corrected chi connectivity index (χ4v) is 8.67. The first kappa shape index (κ1) is 31.0. The second-order valence-electron chi connectivity index (χ2n) is 12.9. The Bertz CT molecular complexity index is 1660. The van der Waals surface area contributed by atoms with Crippen LogP contribution in [0.3, 0.4) is 0 Å². The van der Waals surface area contributed by atoms with Crippen LogP contribution >= 0.6 is 11.3 Å². The molecular weight excluding hydrogens is 596 g/mol. The predicted molar refractivity (Wildman–Crippen MR) is 184 cm³/mol. The number of fused-ring (bicyclic) bond motifs is 1. The molecule has 1 aliphatic carbocycles. The number of ether oxygens (including phenoxy) is 3. The van der Waals surface area contributed by atoms with Crippen molar-refractivity contribution in [1.82, 2.24) is 9.80 Å². The SMILES string of the molecule is COc1cc(C(=O)c2c(-c3ccc(OCCN4CCCC4)cc3)sc3cc(O)ccc23)ccc1O[C@H]1CCCC[C@@H]1N1CCCC1. The average molecular weight is 641 g/mol. The van der Waals surface area contributed by atoms with Crippen molar-refractivity contribution >= 4 is 27.2 Å². The van der Waals surface area contributed by atoms with Crippen molar-refractivity contribution in [2.45, 2.75) is 63.5 Å². The zero-order valence-electron chi connectivity index (χ0n) is 26.7. The number of aromatic hydroxyl groups is 1. The van der Waals surface area contributed by atoms with Gasteiger partial charge < -0.3 is 19.3 Å². The summed E-state index contributed by atoms with van der Waals surface area (Å²) in [7, 11) is 1.64. The number of carbonyl (C=O) groups excluding carboxylic acids is 1. The minimum Gasteiger partial charge on any atom is -0.508 e. The molecule has 4 aromatic rings. The Labute approximate surface area is 275 Å². The highest BCUT2D eigenvalue weighted by molar-refractivity contribution is 7.22. The number of nitrogens with zero attached hydrogens (tertiary/aromatic N) is 2. The highest BCUT2D eigenvalue weighted by atomic mass is 32.1. The summed E-state index contributed by atoms with van der Waals surface area (Å²) in [5.41, 5.74) is 2.10. The maximum atomic E-state index is 14.3. The Hall–Kier alpha value is -3.59. The van der Waals surface area contributed by atoms with Gasteiger partial charge in [0.1, 0.15) is 24.2 Å². The van der Waals surface area contributed by atoms with Gasteiger partial charge in [-0.15, -0.1) is 11.3 Å². The largest absolute Gasteiger partial charge is 0.508 e. The first-order chi connectivity index (χ1) is 22.6. The van der Waals surface area contributed by atoms with E-state index in [0.717, 1.165) is 65.4 Å². The van der Waals surface area contributed by atoms with Crippen LogP contribution < -0.4 is 14.2 Å². The highest BCUT2D eigenvalue weighted by Gasteiger charge is 2.34. The molecule has 0 spiro atoms. The zero-order valence-corrected chi connectivity index (χ0v) is 27.5. The molecule has 0 unspecified atom stereocenters. The van der Waals surface area contributed by atoms with Crippen molar-refractivity contribution in [2.75, 3.05) is 46.4 Å².